The third kappa shape index (κ3) is 4.29. The first-order chi connectivity index (χ1) is 7.81. The minimum Gasteiger partial charge on any atom is -0.314 e. The van der Waals surface area contributed by atoms with Crippen LogP contribution in [0.25, 0.3) is 0 Å². The Morgan fingerprint density at radius 1 is 1.25 bits per heavy atom. The lowest BCUT2D eigenvalue weighted by molar-refractivity contribution is 0.213. The van der Waals surface area contributed by atoms with Crippen molar-refractivity contribution in [3.8, 4) is 0 Å². The van der Waals surface area contributed by atoms with Gasteiger partial charge in [-0.15, -0.1) is 6.58 Å². The molecule has 0 aliphatic heterocycles. The molecular weight excluding hydrogens is 194 g/mol. The molecule has 1 unspecified atom stereocenters. The highest BCUT2D eigenvalue weighted by Crippen LogP contribution is 2.33. The highest BCUT2D eigenvalue weighted by molar-refractivity contribution is 4.83. The summed E-state index contributed by atoms with van der Waals surface area (Å²) in [4.78, 5) is 0. The molecule has 0 aromatic rings. The number of hydrogen-bond donors (Lipinski definition) is 1. The third-order valence-corrected chi connectivity index (χ3v) is 4.19. The molecule has 1 saturated carbocycles. The quantitative estimate of drug-likeness (QED) is 0.639. The van der Waals surface area contributed by atoms with Gasteiger partial charge in [-0.2, -0.15) is 0 Å². The minimum absolute atomic E-state index is 0.737. The van der Waals surface area contributed by atoms with Crippen molar-refractivity contribution in [3.05, 3.63) is 12.7 Å². The first-order valence-corrected chi connectivity index (χ1v) is 7.16. The lowest BCUT2D eigenvalue weighted by Crippen LogP contribution is -2.38. The molecule has 1 atom stereocenters. The lowest BCUT2D eigenvalue weighted by Gasteiger charge is -2.34. The van der Waals surface area contributed by atoms with Crippen molar-refractivity contribution in [2.75, 3.05) is 6.54 Å². The average molecular weight is 223 g/mol. The summed E-state index contributed by atoms with van der Waals surface area (Å²) in [7, 11) is 0. The Kier molecular flexibility index (Phi) is 6.79. The summed E-state index contributed by atoms with van der Waals surface area (Å²) < 4.78 is 0. The van der Waals surface area contributed by atoms with Crippen LogP contribution in [0.15, 0.2) is 12.7 Å². The highest BCUT2D eigenvalue weighted by atomic mass is 14.9. The van der Waals surface area contributed by atoms with Gasteiger partial charge in [-0.3, -0.25) is 0 Å². The second kappa shape index (κ2) is 7.89. The summed E-state index contributed by atoms with van der Waals surface area (Å²) in [6.07, 6.45) is 11.7. The standard InChI is InChI=1S/C15H29N/c1-4-7-8-15(16-6-3)14-11-9-13(5-2)10-12-14/h4,13-16H,1,5-12H2,2-3H3. The molecule has 0 heterocycles. The molecule has 1 heteroatoms. The van der Waals surface area contributed by atoms with Crippen molar-refractivity contribution in [3.63, 3.8) is 0 Å². The van der Waals surface area contributed by atoms with Crippen LogP contribution in [0.2, 0.25) is 0 Å². The summed E-state index contributed by atoms with van der Waals surface area (Å²) in [5.41, 5.74) is 0. The van der Waals surface area contributed by atoms with E-state index in [1.54, 1.807) is 0 Å². The fourth-order valence-corrected chi connectivity index (χ4v) is 3.06. The number of nitrogens with one attached hydrogen (secondary N) is 1. The monoisotopic (exact) mass is 223 g/mol. The molecule has 0 aromatic heterocycles. The third-order valence-electron chi connectivity index (χ3n) is 4.19. The minimum atomic E-state index is 0.737. The van der Waals surface area contributed by atoms with Crippen LogP contribution in [-0.2, 0) is 0 Å². The van der Waals surface area contributed by atoms with E-state index in [4.69, 9.17) is 0 Å². The van der Waals surface area contributed by atoms with Gasteiger partial charge in [0.2, 0.25) is 0 Å². The maximum atomic E-state index is 3.84. The molecule has 1 rings (SSSR count). The fraction of sp³-hybridized carbons (Fsp3) is 0.867. The van der Waals surface area contributed by atoms with Crippen molar-refractivity contribution in [1.29, 1.82) is 0 Å². The Hall–Kier alpha value is -0.300. The molecular formula is C15H29N. The molecule has 0 amide bonds. The van der Waals surface area contributed by atoms with E-state index in [0.717, 1.165) is 30.8 Å². The van der Waals surface area contributed by atoms with Crippen molar-refractivity contribution in [1.82, 2.24) is 5.32 Å². The molecule has 16 heavy (non-hydrogen) atoms. The van der Waals surface area contributed by atoms with E-state index in [2.05, 4.69) is 31.8 Å². The van der Waals surface area contributed by atoms with Crippen molar-refractivity contribution >= 4 is 0 Å². The number of allylic oxidation sites excluding steroid dienone is 1. The van der Waals surface area contributed by atoms with E-state index < -0.39 is 0 Å². The van der Waals surface area contributed by atoms with E-state index in [-0.39, 0.29) is 0 Å². The largest absolute Gasteiger partial charge is 0.314 e. The zero-order valence-electron chi connectivity index (χ0n) is 11.2. The molecule has 1 aliphatic carbocycles. The Balaban J connectivity index is 2.36. The maximum absolute atomic E-state index is 3.84. The van der Waals surface area contributed by atoms with Crippen LogP contribution < -0.4 is 5.32 Å². The fourth-order valence-electron chi connectivity index (χ4n) is 3.06. The summed E-state index contributed by atoms with van der Waals surface area (Å²) in [5, 5.41) is 3.67. The first kappa shape index (κ1) is 13.8. The molecule has 94 valence electrons. The smallest absolute Gasteiger partial charge is 0.00981 e. The maximum Gasteiger partial charge on any atom is 0.00981 e. The van der Waals surface area contributed by atoms with Crippen LogP contribution in [0, 0.1) is 11.8 Å². The van der Waals surface area contributed by atoms with Gasteiger partial charge in [0.1, 0.15) is 0 Å². The predicted molar refractivity (Wildman–Crippen MR) is 72.6 cm³/mol. The van der Waals surface area contributed by atoms with Gasteiger partial charge in [0.25, 0.3) is 0 Å². The molecule has 0 aromatic carbocycles. The van der Waals surface area contributed by atoms with Crippen LogP contribution in [0.1, 0.15) is 58.8 Å². The van der Waals surface area contributed by atoms with Crippen LogP contribution in [0.4, 0.5) is 0 Å². The second-order valence-electron chi connectivity index (χ2n) is 5.22. The summed E-state index contributed by atoms with van der Waals surface area (Å²) in [6, 6.07) is 0.737. The molecule has 0 bridgehead atoms. The summed E-state index contributed by atoms with van der Waals surface area (Å²) in [6.45, 7) is 9.50. The van der Waals surface area contributed by atoms with Gasteiger partial charge in [0.15, 0.2) is 0 Å². The molecule has 1 aliphatic rings. The van der Waals surface area contributed by atoms with E-state index >= 15 is 0 Å². The van der Waals surface area contributed by atoms with Crippen LogP contribution in [0.3, 0.4) is 0 Å². The van der Waals surface area contributed by atoms with Crippen LogP contribution in [0.5, 0.6) is 0 Å². The molecule has 0 saturated heterocycles. The van der Waals surface area contributed by atoms with E-state index in [1.165, 1.54) is 38.5 Å². The highest BCUT2D eigenvalue weighted by Gasteiger charge is 2.25. The zero-order chi connectivity index (χ0) is 11.8. The van der Waals surface area contributed by atoms with Crippen molar-refractivity contribution in [2.24, 2.45) is 11.8 Å². The Labute approximate surface area is 102 Å². The van der Waals surface area contributed by atoms with Gasteiger partial charge in [-0.1, -0.05) is 39.2 Å². The Morgan fingerprint density at radius 2 is 1.94 bits per heavy atom. The topological polar surface area (TPSA) is 12.0 Å². The summed E-state index contributed by atoms with van der Waals surface area (Å²) >= 11 is 0. The Morgan fingerprint density at radius 3 is 2.44 bits per heavy atom. The van der Waals surface area contributed by atoms with Gasteiger partial charge in [-0.05, 0) is 44.1 Å². The molecule has 0 spiro atoms. The van der Waals surface area contributed by atoms with Crippen molar-refractivity contribution in [2.45, 2.75) is 64.8 Å². The number of rotatable bonds is 7. The van der Waals surface area contributed by atoms with Gasteiger partial charge in [0.05, 0.1) is 0 Å². The molecule has 0 radical (unpaired) electrons. The molecule has 1 N–H and O–H groups in total. The first-order valence-electron chi connectivity index (χ1n) is 7.16. The molecule has 1 fully saturated rings. The van der Waals surface area contributed by atoms with Gasteiger partial charge < -0.3 is 5.32 Å². The average Bonchev–Trinajstić information content (AvgIpc) is 2.35. The molecule has 1 nitrogen and oxygen atoms in total. The van der Waals surface area contributed by atoms with E-state index in [9.17, 15) is 0 Å². The van der Waals surface area contributed by atoms with E-state index in [1.807, 2.05) is 0 Å². The van der Waals surface area contributed by atoms with Crippen LogP contribution in [-0.4, -0.2) is 12.6 Å². The lowest BCUT2D eigenvalue weighted by atomic mass is 9.76. The second-order valence-corrected chi connectivity index (χ2v) is 5.22. The SMILES string of the molecule is C=CCCC(NCC)C1CCC(CC)CC1. The zero-order valence-corrected chi connectivity index (χ0v) is 11.2. The van der Waals surface area contributed by atoms with Crippen molar-refractivity contribution < 1.29 is 0 Å². The normalized spacial score (nSPS) is 27.6. The van der Waals surface area contributed by atoms with Gasteiger partial charge in [-0.25, -0.2) is 0 Å². The van der Waals surface area contributed by atoms with Crippen LogP contribution >= 0.6 is 0 Å². The van der Waals surface area contributed by atoms with Gasteiger partial charge in [0, 0.05) is 6.04 Å². The summed E-state index contributed by atoms with van der Waals surface area (Å²) in [5.74, 6) is 1.93. The predicted octanol–water partition coefficient (Wildman–Crippen LogP) is 4.15. The number of hydrogen-bond acceptors (Lipinski definition) is 1. The van der Waals surface area contributed by atoms with E-state index in [0.29, 0.717) is 0 Å². The van der Waals surface area contributed by atoms with Gasteiger partial charge >= 0.3 is 0 Å². The Bertz CT molecular complexity index is 180.